The number of ether oxygens (including phenoxy) is 3. The first-order chi connectivity index (χ1) is 20.1. The van der Waals surface area contributed by atoms with Gasteiger partial charge in [0.05, 0.1) is 31.0 Å². The number of phosphoric acid groups is 1. The van der Waals surface area contributed by atoms with E-state index in [9.17, 15) is 24.5 Å². The molecule has 0 aliphatic carbocycles. The van der Waals surface area contributed by atoms with Gasteiger partial charge in [-0.15, -0.1) is 0 Å². The third kappa shape index (κ3) is 4.46. The topological polar surface area (TPSA) is 270 Å². The van der Waals surface area contributed by atoms with E-state index in [4.69, 9.17) is 34.7 Å². The molecule has 7 heterocycles. The van der Waals surface area contributed by atoms with Crippen LogP contribution in [0.1, 0.15) is 18.9 Å². The second kappa shape index (κ2) is 10.0. The van der Waals surface area contributed by atoms with E-state index in [2.05, 4.69) is 24.9 Å². The van der Waals surface area contributed by atoms with Gasteiger partial charge < -0.3 is 45.4 Å². The Balaban J connectivity index is 1.17. The van der Waals surface area contributed by atoms with Crippen LogP contribution in [0.25, 0.3) is 22.2 Å². The van der Waals surface area contributed by atoms with Crippen LogP contribution in [-0.2, 0) is 27.8 Å². The van der Waals surface area contributed by atoms with Gasteiger partial charge in [0.1, 0.15) is 30.2 Å². The molecule has 42 heavy (non-hydrogen) atoms. The van der Waals surface area contributed by atoms with E-state index in [1.54, 1.807) is 0 Å². The van der Waals surface area contributed by atoms with Crippen molar-refractivity contribution in [2.24, 2.45) is 5.92 Å². The highest BCUT2D eigenvalue weighted by Gasteiger charge is 2.52. The zero-order valence-electron chi connectivity index (χ0n) is 21.5. The summed E-state index contributed by atoms with van der Waals surface area (Å²) in [4.78, 5) is 41.8. The van der Waals surface area contributed by atoms with Gasteiger partial charge in [-0.3, -0.25) is 23.4 Å². The standard InChI is InChI=1S/C22H26N9O10P/c23-15-11-17(26-6-25-15)31(7-27-11)19-12(32)8-2-4-37-21-13(33)14(41-42(35,36)38-5-10(8)39-19)20(40-21)30-3-1-9-16(30)28-22(24)29-18(9)34/h1,3,6-8,10,12-14,19-21,32-33H,2,4-5H2,(H,35,36)(H2,23,25,26)(H3,24,28,29,34)/t8-,10?,12-,13+,14-,19-,20-,21?/m1/s1. The molecule has 9 atom stereocenters. The number of fused-ring (bicyclic) bond motifs is 5. The van der Waals surface area contributed by atoms with Crippen LogP contribution in [0.4, 0.5) is 11.8 Å². The average Bonchev–Trinajstić information content (AvgIpc) is 3.69. The fourth-order valence-electron chi connectivity index (χ4n) is 5.63. The van der Waals surface area contributed by atoms with Crippen LogP contribution in [0.5, 0.6) is 0 Å². The van der Waals surface area contributed by atoms with Crippen molar-refractivity contribution in [3.63, 3.8) is 0 Å². The van der Waals surface area contributed by atoms with Crippen molar-refractivity contribution in [3.05, 3.63) is 35.3 Å². The number of H-pyrrole nitrogens is 1. The molecule has 3 aliphatic rings. The number of nitrogens with two attached hydrogens (primary N) is 2. The van der Waals surface area contributed by atoms with Gasteiger partial charge in [-0.1, -0.05) is 0 Å². The Morgan fingerprint density at radius 1 is 1.07 bits per heavy atom. The number of rotatable bonds is 2. The minimum Gasteiger partial charge on any atom is -0.388 e. The second-order valence-corrected chi connectivity index (χ2v) is 11.5. The molecule has 3 saturated heterocycles. The number of aromatic amines is 1. The number of nitrogen functional groups attached to an aromatic ring is 2. The zero-order valence-corrected chi connectivity index (χ0v) is 22.4. The van der Waals surface area contributed by atoms with Gasteiger partial charge in [0, 0.05) is 12.1 Å². The SMILES string of the molecule is Nc1nc2c(ccn2[C@@H]2OC3OCC[C@@H]4C(COP(=O)(O)O[C@@H]2[C@@H]3O)O[C@@H](n2cnc3c(N)ncnc32)[C@@H]4O)c(=O)[nH]1. The van der Waals surface area contributed by atoms with Crippen LogP contribution in [0, 0.1) is 5.92 Å². The number of aromatic nitrogens is 7. The highest BCUT2D eigenvalue weighted by molar-refractivity contribution is 7.47. The van der Waals surface area contributed by atoms with Crippen molar-refractivity contribution in [1.82, 2.24) is 34.1 Å². The summed E-state index contributed by atoms with van der Waals surface area (Å²) in [6.45, 7) is -0.462. The Morgan fingerprint density at radius 2 is 1.90 bits per heavy atom. The van der Waals surface area contributed by atoms with Crippen molar-refractivity contribution in [2.45, 2.75) is 49.6 Å². The molecule has 3 fully saturated rings. The first-order valence-electron chi connectivity index (χ1n) is 12.8. The maximum Gasteiger partial charge on any atom is 0.472 e. The Hall–Kier alpha value is -3.52. The minimum absolute atomic E-state index is 0.0106. The maximum atomic E-state index is 13.1. The molecule has 7 rings (SSSR count). The lowest BCUT2D eigenvalue weighted by Gasteiger charge is -2.26. The van der Waals surface area contributed by atoms with E-state index in [0.717, 1.165) is 0 Å². The Bertz CT molecular complexity index is 1760. The number of hydrogen-bond donors (Lipinski definition) is 6. The second-order valence-electron chi connectivity index (χ2n) is 10.1. The summed E-state index contributed by atoms with van der Waals surface area (Å²) in [6, 6.07) is 1.45. The maximum absolute atomic E-state index is 13.1. The molecule has 3 aliphatic heterocycles. The number of anilines is 2. The number of aliphatic hydroxyl groups excluding tert-OH is 2. The van der Waals surface area contributed by atoms with E-state index in [0.29, 0.717) is 11.2 Å². The van der Waals surface area contributed by atoms with Crippen LogP contribution in [0.3, 0.4) is 0 Å². The molecule has 8 N–H and O–H groups in total. The van der Waals surface area contributed by atoms with E-state index in [1.807, 2.05) is 0 Å². The molecule has 4 aromatic heterocycles. The Kier molecular flexibility index (Phi) is 6.53. The Labute approximate surface area is 234 Å². The normalized spacial score (nSPS) is 35.7. The van der Waals surface area contributed by atoms with Gasteiger partial charge in [0.15, 0.2) is 35.9 Å². The monoisotopic (exact) mass is 607 g/mol. The van der Waals surface area contributed by atoms with E-state index in [-0.39, 0.29) is 35.8 Å². The first kappa shape index (κ1) is 27.3. The lowest BCUT2D eigenvalue weighted by atomic mass is 9.95. The van der Waals surface area contributed by atoms with Crippen LogP contribution in [0.2, 0.25) is 0 Å². The highest BCUT2D eigenvalue weighted by atomic mass is 31.2. The summed E-state index contributed by atoms with van der Waals surface area (Å²) in [6.07, 6.45) is -4.32. The third-order valence-electron chi connectivity index (χ3n) is 7.62. The summed E-state index contributed by atoms with van der Waals surface area (Å²) < 4.78 is 44.5. The van der Waals surface area contributed by atoms with Gasteiger partial charge >= 0.3 is 7.82 Å². The number of aliphatic hydroxyl groups is 2. The predicted molar refractivity (Wildman–Crippen MR) is 139 cm³/mol. The number of nitrogens with zero attached hydrogens (tertiary/aromatic N) is 6. The van der Waals surface area contributed by atoms with Gasteiger partial charge in [0.2, 0.25) is 5.95 Å². The molecule has 19 nitrogen and oxygen atoms in total. The van der Waals surface area contributed by atoms with E-state index >= 15 is 0 Å². The zero-order chi connectivity index (χ0) is 29.3. The van der Waals surface area contributed by atoms with Gasteiger partial charge in [-0.2, -0.15) is 4.98 Å². The molecule has 4 aromatic rings. The summed E-state index contributed by atoms with van der Waals surface area (Å²) in [7, 11) is -4.87. The van der Waals surface area contributed by atoms with Crippen LogP contribution in [0.15, 0.2) is 29.7 Å². The summed E-state index contributed by atoms with van der Waals surface area (Å²) in [5.74, 6) is -0.663. The lowest BCUT2D eigenvalue weighted by molar-refractivity contribution is -0.178. The predicted octanol–water partition coefficient (Wildman–Crippen LogP) is -1.26. The fraction of sp³-hybridized carbons (Fsp3) is 0.500. The number of hydrogen-bond acceptors (Lipinski definition) is 15. The molecule has 20 heteroatoms. The lowest BCUT2D eigenvalue weighted by Crippen LogP contribution is -2.37. The van der Waals surface area contributed by atoms with E-state index in [1.165, 1.54) is 34.1 Å². The third-order valence-corrected chi connectivity index (χ3v) is 8.60. The molecule has 0 spiro atoms. The molecule has 0 amide bonds. The van der Waals surface area contributed by atoms with Crippen molar-refractivity contribution in [2.75, 3.05) is 24.7 Å². The van der Waals surface area contributed by atoms with Gasteiger partial charge in [0.25, 0.3) is 5.56 Å². The van der Waals surface area contributed by atoms with Crippen molar-refractivity contribution >= 4 is 41.8 Å². The van der Waals surface area contributed by atoms with Crippen molar-refractivity contribution in [1.29, 1.82) is 0 Å². The number of imidazole rings is 1. The smallest absolute Gasteiger partial charge is 0.388 e. The molecular weight excluding hydrogens is 581 g/mol. The molecule has 3 unspecified atom stereocenters. The molecular formula is C22H26N9O10P. The Morgan fingerprint density at radius 3 is 2.74 bits per heavy atom. The molecule has 0 aromatic carbocycles. The number of nitrogens with one attached hydrogen (secondary N) is 1. The summed E-state index contributed by atoms with van der Waals surface area (Å²) in [5, 5.41) is 22.4. The van der Waals surface area contributed by atoms with Crippen LogP contribution >= 0.6 is 7.82 Å². The molecule has 0 radical (unpaired) electrons. The van der Waals surface area contributed by atoms with Gasteiger partial charge in [-0.05, 0) is 12.5 Å². The van der Waals surface area contributed by atoms with Gasteiger partial charge in [-0.25, -0.2) is 19.5 Å². The number of phosphoric ester groups is 1. The first-order valence-corrected chi connectivity index (χ1v) is 14.3. The summed E-state index contributed by atoms with van der Waals surface area (Å²) in [5.41, 5.74) is 11.8. The molecule has 2 bridgehead atoms. The van der Waals surface area contributed by atoms with Crippen molar-refractivity contribution in [3.8, 4) is 0 Å². The van der Waals surface area contributed by atoms with Crippen molar-refractivity contribution < 1.29 is 42.9 Å². The fourth-order valence-corrected chi connectivity index (χ4v) is 6.56. The van der Waals surface area contributed by atoms with E-state index < -0.39 is 69.1 Å². The summed E-state index contributed by atoms with van der Waals surface area (Å²) >= 11 is 0. The molecule has 224 valence electrons. The van der Waals surface area contributed by atoms with Crippen LogP contribution < -0.4 is 17.0 Å². The minimum atomic E-state index is -4.87. The largest absolute Gasteiger partial charge is 0.472 e. The molecule has 0 saturated carbocycles. The quantitative estimate of drug-likeness (QED) is 0.145. The van der Waals surface area contributed by atoms with Crippen LogP contribution in [-0.4, -0.2) is 93.1 Å². The average molecular weight is 607 g/mol. The highest BCUT2D eigenvalue weighted by Crippen LogP contribution is 2.51.